The summed E-state index contributed by atoms with van der Waals surface area (Å²) in [6.07, 6.45) is 14.4. The van der Waals surface area contributed by atoms with Crippen LogP contribution in [0.4, 0.5) is 0 Å². The molecule has 3 aliphatic carbocycles. The quantitative estimate of drug-likeness (QED) is 0.545. The molecule has 106 valence electrons. The average molecular weight is 253 g/mol. The minimum absolute atomic E-state index is 0.270. The molecule has 3 saturated carbocycles. The number of fused-ring (bicyclic) bond motifs is 3. The maximum atomic E-state index is 5.68. The second-order valence-corrected chi connectivity index (χ2v) is 6.72. The Morgan fingerprint density at radius 2 is 1.67 bits per heavy atom. The van der Waals surface area contributed by atoms with Crippen molar-refractivity contribution >= 4 is 0 Å². The molecule has 0 heterocycles. The minimum Gasteiger partial charge on any atom is -0.366 e. The predicted molar refractivity (Wildman–Crippen MR) is 76.6 cm³/mol. The van der Waals surface area contributed by atoms with Crippen LogP contribution in [0, 0.1) is 10.8 Å². The molecule has 2 bridgehead atoms. The molecule has 0 aromatic heterocycles. The highest BCUT2D eigenvalue weighted by atomic mass is 16.5. The number of ether oxygens (including phenoxy) is 1. The molecule has 0 spiro atoms. The van der Waals surface area contributed by atoms with Gasteiger partial charge in [-0.25, -0.2) is 0 Å². The Balaban J connectivity index is 1.92. The third kappa shape index (κ3) is 2.60. The first-order valence-electron chi connectivity index (χ1n) is 7.90. The molecule has 1 unspecified atom stereocenters. The van der Waals surface area contributed by atoms with Crippen molar-refractivity contribution < 1.29 is 4.74 Å². The fraction of sp³-hybridized carbons (Fsp3) is 1.00. The number of unbranched alkanes of at least 4 members (excludes halogenated alkanes) is 2. The molecular weight excluding hydrogens is 222 g/mol. The first-order chi connectivity index (χ1) is 8.70. The molecule has 0 amide bonds. The highest BCUT2D eigenvalue weighted by molar-refractivity contribution is 5.01. The topological polar surface area (TPSA) is 21.3 Å². The summed E-state index contributed by atoms with van der Waals surface area (Å²) in [5.74, 6) is 0. The largest absolute Gasteiger partial charge is 0.366 e. The second kappa shape index (κ2) is 5.92. The van der Waals surface area contributed by atoms with Gasteiger partial charge in [-0.1, -0.05) is 26.2 Å². The maximum Gasteiger partial charge on any atom is 0.113 e. The number of hydrogen-bond donors (Lipinski definition) is 1. The summed E-state index contributed by atoms with van der Waals surface area (Å²) >= 11 is 0. The monoisotopic (exact) mass is 253 g/mol. The fourth-order valence-electron chi connectivity index (χ4n) is 4.48. The van der Waals surface area contributed by atoms with E-state index < -0.39 is 0 Å². The van der Waals surface area contributed by atoms with Crippen molar-refractivity contribution in [2.75, 3.05) is 14.2 Å². The lowest BCUT2D eigenvalue weighted by atomic mass is 9.52. The first kappa shape index (κ1) is 14.3. The summed E-state index contributed by atoms with van der Waals surface area (Å²) in [5.41, 5.74) is 1.15. The van der Waals surface area contributed by atoms with Crippen molar-refractivity contribution in [2.24, 2.45) is 10.8 Å². The van der Waals surface area contributed by atoms with Gasteiger partial charge in [-0.2, -0.15) is 0 Å². The highest BCUT2D eigenvalue weighted by Crippen LogP contribution is 2.60. The molecule has 2 nitrogen and oxygen atoms in total. The third-order valence-corrected chi connectivity index (χ3v) is 5.82. The molecule has 1 atom stereocenters. The molecule has 3 rings (SSSR count). The van der Waals surface area contributed by atoms with Gasteiger partial charge in [0.15, 0.2) is 0 Å². The van der Waals surface area contributed by atoms with Crippen molar-refractivity contribution in [2.45, 2.75) is 77.4 Å². The van der Waals surface area contributed by atoms with Gasteiger partial charge in [0.1, 0.15) is 6.23 Å². The summed E-state index contributed by atoms with van der Waals surface area (Å²) in [7, 11) is 3.90. The van der Waals surface area contributed by atoms with Gasteiger partial charge >= 0.3 is 0 Å². The highest BCUT2D eigenvalue weighted by Gasteiger charge is 2.51. The molecule has 0 aliphatic heterocycles. The van der Waals surface area contributed by atoms with Gasteiger partial charge in [0.05, 0.1) is 0 Å². The van der Waals surface area contributed by atoms with Crippen LogP contribution in [0.2, 0.25) is 0 Å². The summed E-state index contributed by atoms with van der Waals surface area (Å²) in [6.45, 7) is 2.31. The third-order valence-electron chi connectivity index (χ3n) is 5.82. The van der Waals surface area contributed by atoms with E-state index in [0.29, 0.717) is 10.8 Å². The van der Waals surface area contributed by atoms with E-state index in [-0.39, 0.29) is 6.23 Å². The summed E-state index contributed by atoms with van der Waals surface area (Å²) in [6, 6.07) is 0. The normalized spacial score (nSPS) is 36.8. The van der Waals surface area contributed by atoms with E-state index in [1.165, 1.54) is 64.2 Å². The number of methoxy groups -OCH3 is 1. The summed E-state index contributed by atoms with van der Waals surface area (Å²) < 4.78 is 5.68. The van der Waals surface area contributed by atoms with Crippen molar-refractivity contribution in [1.82, 2.24) is 5.32 Å². The summed E-state index contributed by atoms with van der Waals surface area (Å²) in [5, 5.41) is 3.38. The molecule has 2 heteroatoms. The van der Waals surface area contributed by atoms with Gasteiger partial charge in [-0.05, 0) is 57.4 Å². The Morgan fingerprint density at radius 3 is 2.11 bits per heavy atom. The Morgan fingerprint density at radius 1 is 1.06 bits per heavy atom. The van der Waals surface area contributed by atoms with Crippen molar-refractivity contribution in [3.63, 3.8) is 0 Å². The van der Waals surface area contributed by atoms with Crippen LogP contribution in [-0.2, 0) is 4.74 Å². The molecule has 0 aromatic rings. The molecule has 0 aromatic carbocycles. The second-order valence-electron chi connectivity index (χ2n) is 6.72. The van der Waals surface area contributed by atoms with Gasteiger partial charge < -0.3 is 4.74 Å². The Hall–Kier alpha value is -0.0800. The molecule has 0 saturated heterocycles. The van der Waals surface area contributed by atoms with Crippen LogP contribution in [0.15, 0.2) is 0 Å². The number of nitrogens with one attached hydrogen (secondary N) is 1. The van der Waals surface area contributed by atoms with E-state index in [4.69, 9.17) is 4.74 Å². The zero-order valence-corrected chi connectivity index (χ0v) is 12.6. The van der Waals surface area contributed by atoms with Gasteiger partial charge in [-0.15, -0.1) is 0 Å². The van der Waals surface area contributed by atoms with Gasteiger partial charge in [-0.3, -0.25) is 5.32 Å². The van der Waals surface area contributed by atoms with Gasteiger partial charge in [0.25, 0.3) is 0 Å². The van der Waals surface area contributed by atoms with Crippen LogP contribution in [0.3, 0.4) is 0 Å². The fourth-order valence-corrected chi connectivity index (χ4v) is 4.48. The van der Waals surface area contributed by atoms with E-state index in [1.54, 1.807) is 0 Å². The zero-order chi connectivity index (χ0) is 13.1. The van der Waals surface area contributed by atoms with E-state index in [9.17, 15) is 0 Å². The molecular formula is C16H31NO. The smallest absolute Gasteiger partial charge is 0.113 e. The Bertz CT molecular complexity index is 235. The predicted octanol–water partition coefficient (Wildman–Crippen LogP) is 4.10. The van der Waals surface area contributed by atoms with E-state index in [0.717, 1.165) is 0 Å². The Labute approximate surface area is 113 Å². The minimum atomic E-state index is 0.270. The molecule has 18 heavy (non-hydrogen) atoms. The van der Waals surface area contributed by atoms with E-state index in [1.807, 2.05) is 14.2 Å². The maximum absolute atomic E-state index is 5.68. The lowest BCUT2D eigenvalue weighted by Gasteiger charge is -2.56. The van der Waals surface area contributed by atoms with Crippen LogP contribution < -0.4 is 5.32 Å². The average Bonchev–Trinajstić information content (AvgIpc) is 2.42. The van der Waals surface area contributed by atoms with Crippen molar-refractivity contribution in [1.29, 1.82) is 0 Å². The van der Waals surface area contributed by atoms with Crippen LogP contribution in [-0.4, -0.2) is 20.4 Å². The van der Waals surface area contributed by atoms with Gasteiger partial charge in [0.2, 0.25) is 0 Å². The molecule has 0 radical (unpaired) electrons. The first-order valence-corrected chi connectivity index (χ1v) is 7.90. The SMILES string of the molecule is CCCCCC12CCC(C(NC)OC)(CC1)CC2. The summed E-state index contributed by atoms with van der Waals surface area (Å²) in [4.78, 5) is 0. The van der Waals surface area contributed by atoms with Crippen LogP contribution >= 0.6 is 0 Å². The Kier molecular flexibility index (Phi) is 4.71. The van der Waals surface area contributed by atoms with Crippen molar-refractivity contribution in [3.8, 4) is 0 Å². The van der Waals surface area contributed by atoms with Crippen LogP contribution in [0.5, 0.6) is 0 Å². The van der Waals surface area contributed by atoms with Gasteiger partial charge in [0, 0.05) is 12.5 Å². The number of hydrogen-bond acceptors (Lipinski definition) is 2. The van der Waals surface area contributed by atoms with Crippen molar-refractivity contribution in [3.05, 3.63) is 0 Å². The molecule has 3 fully saturated rings. The lowest BCUT2D eigenvalue weighted by molar-refractivity contribution is -0.116. The van der Waals surface area contributed by atoms with E-state index in [2.05, 4.69) is 12.2 Å². The van der Waals surface area contributed by atoms with Crippen LogP contribution in [0.1, 0.15) is 71.1 Å². The van der Waals surface area contributed by atoms with E-state index >= 15 is 0 Å². The molecule has 3 aliphatic rings. The standard InChI is InChI=1S/C16H31NO/c1-4-5-6-7-15-8-11-16(12-9-15,13-10-15)14(17-2)18-3/h14,17H,4-13H2,1-3H3. The zero-order valence-electron chi connectivity index (χ0n) is 12.6. The van der Waals surface area contributed by atoms with Crippen LogP contribution in [0.25, 0.3) is 0 Å². The lowest BCUT2D eigenvalue weighted by Crippen LogP contribution is -2.52. The number of rotatable bonds is 7. The molecule has 1 N–H and O–H groups in total.